The van der Waals surface area contributed by atoms with E-state index in [1.54, 1.807) is 13.1 Å². The van der Waals surface area contributed by atoms with Crippen molar-refractivity contribution < 1.29 is 4.79 Å². The third kappa shape index (κ3) is 2.90. The summed E-state index contributed by atoms with van der Waals surface area (Å²) in [7, 11) is 0. The van der Waals surface area contributed by atoms with Crippen molar-refractivity contribution in [3.63, 3.8) is 0 Å². The highest BCUT2D eigenvalue weighted by molar-refractivity contribution is 6.30. The zero-order chi connectivity index (χ0) is 18.3. The summed E-state index contributed by atoms with van der Waals surface area (Å²) in [6.45, 7) is 3.72. The molecule has 0 saturated heterocycles. The first kappa shape index (κ1) is 16.9. The Kier molecular flexibility index (Phi) is 4.29. The van der Waals surface area contributed by atoms with E-state index in [0.717, 1.165) is 34.3 Å². The van der Waals surface area contributed by atoms with Gasteiger partial charge in [-0.25, -0.2) is 0 Å². The van der Waals surface area contributed by atoms with Gasteiger partial charge in [-0.15, -0.1) is 0 Å². The van der Waals surface area contributed by atoms with E-state index in [1.807, 2.05) is 47.4 Å². The van der Waals surface area contributed by atoms with E-state index in [-0.39, 0.29) is 18.0 Å². The standard InChI is InChI=1S/C21H20ClN3O/c1-13-12-19(24-16-7-5-15(22)6-8-16)21-17-4-3-11-23-18(17)9-10-20(21)25(13)14(2)26/h3-11,13,19,24H,12H2,1-2H3/t13-,19+/m0/s1. The number of halogens is 1. The summed E-state index contributed by atoms with van der Waals surface area (Å²) in [6, 6.07) is 15.9. The first-order valence-corrected chi connectivity index (χ1v) is 9.12. The van der Waals surface area contributed by atoms with Crippen LogP contribution in [0.25, 0.3) is 10.9 Å². The quantitative estimate of drug-likeness (QED) is 0.680. The number of benzene rings is 2. The van der Waals surface area contributed by atoms with Crippen molar-refractivity contribution in [3.8, 4) is 0 Å². The van der Waals surface area contributed by atoms with Crippen LogP contribution in [0.4, 0.5) is 11.4 Å². The van der Waals surface area contributed by atoms with Gasteiger partial charge in [0.25, 0.3) is 0 Å². The predicted octanol–water partition coefficient (Wildman–Crippen LogP) is 5.19. The molecular formula is C21H20ClN3O. The monoisotopic (exact) mass is 365 g/mol. The maximum atomic E-state index is 12.3. The number of pyridine rings is 1. The Bertz CT molecular complexity index is 971. The number of nitrogens with one attached hydrogen (secondary N) is 1. The van der Waals surface area contributed by atoms with E-state index in [9.17, 15) is 4.79 Å². The van der Waals surface area contributed by atoms with E-state index in [1.165, 1.54) is 0 Å². The number of carbonyl (C=O) groups excluding carboxylic acids is 1. The van der Waals surface area contributed by atoms with Crippen LogP contribution in [-0.4, -0.2) is 16.9 Å². The summed E-state index contributed by atoms with van der Waals surface area (Å²) in [5, 5.41) is 5.41. The van der Waals surface area contributed by atoms with E-state index in [4.69, 9.17) is 11.6 Å². The molecule has 0 fully saturated rings. The van der Waals surface area contributed by atoms with Crippen molar-refractivity contribution in [1.82, 2.24) is 4.98 Å². The fourth-order valence-corrected chi connectivity index (χ4v) is 4.03. The first-order valence-electron chi connectivity index (χ1n) is 8.74. The molecular weight excluding hydrogens is 346 g/mol. The molecule has 0 unspecified atom stereocenters. The van der Waals surface area contributed by atoms with Gasteiger partial charge in [0.1, 0.15) is 0 Å². The topological polar surface area (TPSA) is 45.2 Å². The van der Waals surface area contributed by atoms with E-state index < -0.39 is 0 Å². The van der Waals surface area contributed by atoms with Crippen LogP contribution in [-0.2, 0) is 4.79 Å². The van der Waals surface area contributed by atoms with Crippen LogP contribution in [0.15, 0.2) is 54.7 Å². The van der Waals surface area contributed by atoms with Gasteiger partial charge in [-0.1, -0.05) is 17.7 Å². The van der Waals surface area contributed by atoms with E-state index in [2.05, 4.69) is 23.3 Å². The number of rotatable bonds is 2. The summed E-state index contributed by atoms with van der Waals surface area (Å²) < 4.78 is 0. The molecule has 0 aliphatic carbocycles. The van der Waals surface area contributed by atoms with E-state index >= 15 is 0 Å². The minimum absolute atomic E-state index is 0.0620. The molecule has 5 heteroatoms. The molecule has 2 atom stereocenters. The van der Waals surface area contributed by atoms with Gasteiger partial charge >= 0.3 is 0 Å². The number of carbonyl (C=O) groups is 1. The van der Waals surface area contributed by atoms with Gasteiger partial charge in [-0.05, 0) is 55.8 Å². The normalized spacial score (nSPS) is 19.3. The molecule has 132 valence electrons. The zero-order valence-corrected chi connectivity index (χ0v) is 15.5. The van der Waals surface area contributed by atoms with Crippen LogP contribution in [0.5, 0.6) is 0 Å². The predicted molar refractivity (Wildman–Crippen MR) is 107 cm³/mol. The van der Waals surface area contributed by atoms with Crippen LogP contribution in [0, 0.1) is 0 Å². The lowest BCUT2D eigenvalue weighted by molar-refractivity contribution is -0.117. The second-order valence-electron chi connectivity index (χ2n) is 6.75. The zero-order valence-electron chi connectivity index (χ0n) is 14.7. The summed E-state index contributed by atoms with van der Waals surface area (Å²) in [5.41, 5.74) is 4.03. The molecule has 0 bridgehead atoms. The molecule has 26 heavy (non-hydrogen) atoms. The van der Waals surface area contributed by atoms with Crippen LogP contribution in [0.2, 0.25) is 5.02 Å². The Morgan fingerprint density at radius 2 is 1.96 bits per heavy atom. The fraction of sp³-hybridized carbons (Fsp3) is 0.238. The fourth-order valence-electron chi connectivity index (χ4n) is 3.90. The SMILES string of the molecule is CC(=O)N1c2ccc3ncccc3c2[C@H](Nc2ccc(Cl)cc2)C[C@@H]1C. The molecule has 2 aromatic carbocycles. The Balaban J connectivity index is 1.86. The molecule has 4 rings (SSSR count). The maximum Gasteiger partial charge on any atom is 0.224 e. The number of hydrogen-bond donors (Lipinski definition) is 1. The molecule has 1 amide bonds. The Hall–Kier alpha value is -2.59. The smallest absolute Gasteiger partial charge is 0.224 e. The summed E-state index contributed by atoms with van der Waals surface area (Å²) in [4.78, 5) is 18.7. The minimum Gasteiger partial charge on any atom is -0.378 e. The number of nitrogens with zero attached hydrogens (tertiary/aromatic N) is 2. The third-order valence-electron chi connectivity index (χ3n) is 4.95. The first-order chi connectivity index (χ1) is 12.5. The van der Waals surface area contributed by atoms with Crippen molar-refractivity contribution in [2.24, 2.45) is 0 Å². The van der Waals surface area contributed by atoms with Crippen LogP contribution in [0.3, 0.4) is 0 Å². The van der Waals surface area contributed by atoms with Gasteiger partial charge in [0, 0.05) is 46.5 Å². The number of aromatic nitrogens is 1. The van der Waals surface area contributed by atoms with Gasteiger partial charge in [-0.2, -0.15) is 0 Å². The largest absolute Gasteiger partial charge is 0.378 e. The molecule has 4 nitrogen and oxygen atoms in total. The average Bonchev–Trinajstić information content (AvgIpc) is 2.62. The Morgan fingerprint density at radius 3 is 2.69 bits per heavy atom. The van der Waals surface area contributed by atoms with Crippen molar-refractivity contribution in [2.75, 3.05) is 10.2 Å². The molecule has 3 aromatic rings. The summed E-state index contributed by atoms with van der Waals surface area (Å²) in [6.07, 6.45) is 2.62. The van der Waals surface area contributed by atoms with Crippen LogP contribution < -0.4 is 10.2 Å². The van der Waals surface area contributed by atoms with Gasteiger partial charge < -0.3 is 10.2 Å². The highest BCUT2D eigenvalue weighted by Crippen LogP contribution is 2.42. The third-order valence-corrected chi connectivity index (χ3v) is 5.21. The second kappa shape index (κ2) is 6.61. The van der Waals surface area contributed by atoms with Gasteiger partial charge in [0.2, 0.25) is 5.91 Å². The maximum absolute atomic E-state index is 12.3. The number of amides is 1. The molecule has 1 aromatic heterocycles. The molecule has 0 saturated carbocycles. The average molecular weight is 366 g/mol. The number of hydrogen-bond acceptors (Lipinski definition) is 3. The van der Waals surface area contributed by atoms with E-state index in [0.29, 0.717) is 5.02 Å². The Labute approximate surface area is 157 Å². The molecule has 1 N–H and O–H groups in total. The lowest BCUT2D eigenvalue weighted by atomic mass is 9.88. The highest BCUT2D eigenvalue weighted by Gasteiger charge is 2.33. The highest BCUT2D eigenvalue weighted by atomic mass is 35.5. The Morgan fingerprint density at radius 1 is 1.19 bits per heavy atom. The number of fused-ring (bicyclic) bond motifs is 3. The van der Waals surface area contributed by atoms with Crippen LogP contribution in [0.1, 0.15) is 31.9 Å². The molecule has 2 heterocycles. The van der Waals surface area contributed by atoms with Crippen molar-refractivity contribution in [2.45, 2.75) is 32.4 Å². The molecule has 1 aliphatic heterocycles. The molecule has 0 radical (unpaired) electrons. The lowest BCUT2D eigenvalue weighted by Crippen LogP contribution is -2.43. The molecule has 1 aliphatic rings. The van der Waals surface area contributed by atoms with Gasteiger partial charge in [0.15, 0.2) is 0 Å². The van der Waals surface area contributed by atoms with Gasteiger partial charge in [-0.3, -0.25) is 9.78 Å². The van der Waals surface area contributed by atoms with Crippen molar-refractivity contribution in [3.05, 3.63) is 65.3 Å². The van der Waals surface area contributed by atoms with Crippen molar-refractivity contribution in [1.29, 1.82) is 0 Å². The summed E-state index contributed by atoms with van der Waals surface area (Å²) in [5.74, 6) is 0.0620. The second-order valence-corrected chi connectivity index (χ2v) is 7.18. The lowest BCUT2D eigenvalue weighted by Gasteiger charge is -2.40. The minimum atomic E-state index is 0.0620. The van der Waals surface area contributed by atoms with Crippen molar-refractivity contribution >= 4 is 39.8 Å². The van der Waals surface area contributed by atoms with Crippen LogP contribution >= 0.6 is 11.6 Å². The molecule has 0 spiro atoms. The van der Waals surface area contributed by atoms with Gasteiger partial charge in [0.05, 0.1) is 11.6 Å². The summed E-state index contributed by atoms with van der Waals surface area (Å²) >= 11 is 6.01. The number of anilines is 2.